The van der Waals surface area contributed by atoms with Crippen molar-refractivity contribution < 1.29 is 18.0 Å². The molecule has 1 aliphatic heterocycles. The Labute approximate surface area is 161 Å². The number of benzene rings is 1. The van der Waals surface area contributed by atoms with Gasteiger partial charge in [0, 0.05) is 30.9 Å². The van der Waals surface area contributed by atoms with E-state index in [0.717, 1.165) is 14.8 Å². The summed E-state index contributed by atoms with van der Waals surface area (Å²) in [6.07, 6.45) is 3.26. The third-order valence-corrected chi connectivity index (χ3v) is 6.74. The molecule has 0 atom stereocenters. The highest BCUT2D eigenvalue weighted by molar-refractivity contribution is 8.00. The molecule has 0 fully saturated rings. The van der Waals surface area contributed by atoms with Gasteiger partial charge in [0.2, 0.25) is 21.8 Å². The van der Waals surface area contributed by atoms with Gasteiger partial charge in [0.15, 0.2) is 0 Å². The molecule has 0 saturated carbocycles. The Morgan fingerprint density at radius 1 is 1.37 bits per heavy atom. The molecule has 0 unspecified atom stereocenters. The van der Waals surface area contributed by atoms with Crippen LogP contribution >= 0.6 is 11.8 Å². The Balaban J connectivity index is 1.66. The van der Waals surface area contributed by atoms with Gasteiger partial charge in [-0.3, -0.25) is 14.6 Å². The fourth-order valence-electron chi connectivity index (χ4n) is 2.45. The van der Waals surface area contributed by atoms with Crippen molar-refractivity contribution in [1.29, 1.82) is 0 Å². The molecule has 0 radical (unpaired) electrons. The maximum Gasteiger partial charge on any atom is 0.243 e. The molecule has 0 aliphatic carbocycles. The van der Waals surface area contributed by atoms with Crippen molar-refractivity contribution >= 4 is 39.3 Å². The molecule has 2 heterocycles. The lowest BCUT2D eigenvalue weighted by Gasteiger charge is -2.20. The second-order valence-electron chi connectivity index (χ2n) is 5.89. The molecule has 142 valence electrons. The van der Waals surface area contributed by atoms with Crippen molar-refractivity contribution in [1.82, 2.24) is 14.6 Å². The minimum atomic E-state index is -3.87. The quantitative estimate of drug-likeness (QED) is 0.743. The first-order valence-corrected chi connectivity index (χ1v) is 10.5. The van der Waals surface area contributed by atoms with E-state index >= 15 is 0 Å². The number of anilines is 1. The third-order valence-electron chi connectivity index (χ3n) is 3.87. The summed E-state index contributed by atoms with van der Waals surface area (Å²) < 4.78 is 26.4. The van der Waals surface area contributed by atoms with Crippen LogP contribution in [0.15, 0.2) is 52.5 Å². The molecule has 0 saturated heterocycles. The summed E-state index contributed by atoms with van der Waals surface area (Å²) in [6.45, 7) is -0.0521. The summed E-state index contributed by atoms with van der Waals surface area (Å²) in [7, 11) is -2.53. The Hall–Kier alpha value is -2.43. The lowest BCUT2D eigenvalue weighted by molar-refractivity contribution is -0.121. The first-order valence-electron chi connectivity index (χ1n) is 8.05. The van der Waals surface area contributed by atoms with Crippen LogP contribution in [-0.2, 0) is 26.2 Å². The van der Waals surface area contributed by atoms with Gasteiger partial charge in [0.25, 0.3) is 0 Å². The number of likely N-dealkylation sites (N-methyl/N-ethyl adjacent to an activating group) is 1. The molecular weight excluding hydrogens is 388 g/mol. The van der Waals surface area contributed by atoms with Crippen LogP contribution in [0.5, 0.6) is 0 Å². The maximum atomic E-state index is 12.7. The third kappa shape index (κ3) is 4.65. The molecule has 27 heavy (non-hydrogen) atoms. The van der Waals surface area contributed by atoms with Gasteiger partial charge in [0.1, 0.15) is 0 Å². The Morgan fingerprint density at radius 3 is 2.93 bits per heavy atom. The predicted molar refractivity (Wildman–Crippen MR) is 102 cm³/mol. The van der Waals surface area contributed by atoms with Crippen LogP contribution in [0.4, 0.5) is 5.69 Å². The summed E-state index contributed by atoms with van der Waals surface area (Å²) in [5.41, 5.74) is 1.28. The average Bonchev–Trinajstić information content (AvgIpc) is 2.66. The van der Waals surface area contributed by atoms with Gasteiger partial charge >= 0.3 is 0 Å². The van der Waals surface area contributed by atoms with E-state index in [0.29, 0.717) is 11.4 Å². The Morgan fingerprint density at radius 2 is 2.19 bits per heavy atom. The maximum absolute atomic E-state index is 12.7. The fourth-order valence-corrected chi connectivity index (χ4v) is 4.39. The van der Waals surface area contributed by atoms with Crippen molar-refractivity contribution in [3.05, 3.63) is 48.3 Å². The Bertz CT molecular complexity index is 964. The summed E-state index contributed by atoms with van der Waals surface area (Å²) in [4.78, 5) is 28.4. The highest BCUT2D eigenvalue weighted by atomic mass is 32.2. The standard InChI is InChI=1S/C17H18N4O4S2/c1-21(10-16(22)19-9-12-3-2-6-18-8-12)27(24,25)13-4-5-15-14(7-13)20-17(23)11-26-15/h2-8H,9-11H2,1H3,(H,19,22)(H,20,23). The summed E-state index contributed by atoms with van der Waals surface area (Å²) in [5, 5.41) is 5.33. The molecule has 8 nitrogen and oxygen atoms in total. The van der Waals surface area contributed by atoms with Crippen LogP contribution < -0.4 is 10.6 Å². The zero-order chi connectivity index (χ0) is 19.4. The number of nitrogens with zero attached hydrogens (tertiary/aromatic N) is 2. The van der Waals surface area contributed by atoms with Crippen molar-refractivity contribution in [2.24, 2.45) is 0 Å². The van der Waals surface area contributed by atoms with E-state index in [2.05, 4.69) is 15.6 Å². The zero-order valence-electron chi connectivity index (χ0n) is 14.5. The molecule has 0 bridgehead atoms. The van der Waals surface area contributed by atoms with Crippen LogP contribution in [0.2, 0.25) is 0 Å². The number of sulfonamides is 1. The molecule has 2 aromatic rings. The molecule has 2 amide bonds. The highest BCUT2D eigenvalue weighted by Gasteiger charge is 2.25. The topological polar surface area (TPSA) is 108 Å². The summed E-state index contributed by atoms with van der Waals surface area (Å²) in [5.74, 6) is -0.298. The van der Waals surface area contributed by atoms with Gasteiger partial charge in [-0.05, 0) is 29.8 Å². The first-order chi connectivity index (χ1) is 12.9. The molecule has 1 aromatic carbocycles. The van der Waals surface area contributed by atoms with Gasteiger partial charge in [-0.25, -0.2) is 8.42 Å². The number of thioether (sulfide) groups is 1. The predicted octanol–water partition coefficient (Wildman–Crippen LogP) is 1.06. The van der Waals surface area contributed by atoms with Crippen molar-refractivity contribution in [3.8, 4) is 0 Å². The van der Waals surface area contributed by atoms with Crippen LogP contribution in [0.1, 0.15) is 5.56 Å². The van der Waals surface area contributed by atoms with Gasteiger partial charge in [-0.2, -0.15) is 4.31 Å². The van der Waals surface area contributed by atoms with Crippen LogP contribution in [0.25, 0.3) is 0 Å². The van der Waals surface area contributed by atoms with Crippen molar-refractivity contribution in [3.63, 3.8) is 0 Å². The van der Waals surface area contributed by atoms with E-state index in [1.54, 1.807) is 24.5 Å². The normalized spacial score (nSPS) is 13.8. The van der Waals surface area contributed by atoms with Crippen molar-refractivity contribution in [2.45, 2.75) is 16.3 Å². The lowest BCUT2D eigenvalue weighted by atomic mass is 10.3. The molecular formula is C17H18N4O4S2. The summed E-state index contributed by atoms with van der Waals surface area (Å²) >= 11 is 1.35. The molecule has 10 heteroatoms. The minimum Gasteiger partial charge on any atom is -0.351 e. The lowest BCUT2D eigenvalue weighted by Crippen LogP contribution is -2.38. The number of carbonyl (C=O) groups excluding carboxylic acids is 2. The number of fused-ring (bicyclic) bond motifs is 1. The number of hydrogen-bond acceptors (Lipinski definition) is 6. The van der Waals surface area contributed by atoms with E-state index in [9.17, 15) is 18.0 Å². The van der Waals surface area contributed by atoms with Gasteiger partial charge in [-0.15, -0.1) is 11.8 Å². The van der Waals surface area contributed by atoms with Crippen LogP contribution in [-0.4, -0.2) is 48.9 Å². The SMILES string of the molecule is CN(CC(=O)NCc1cccnc1)S(=O)(=O)c1ccc2c(c1)NC(=O)CS2. The fraction of sp³-hybridized carbons (Fsp3) is 0.235. The highest BCUT2D eigenvalue weighted by Crippen LogP contribution is 2.33. The molecule has 1 aromatic heterocycles. The van der Waals surface area contributed by atoms with Gasteiger partial charge in [-0.1, -0.05) is 6.07 Å². The van der Waals surface area contributed by atoms with E-state index in [1.165, 1.54) is 30.9 Å². The molecule has 2 N–H and O–H groups in total. The first kappa shape index (κ1) is 19.3. The van der Waals surface area contributed by atoms with E-state index < -0.39 is 15.9 Å². The van der Waals surface area contributed by atoms with E-state index in [-0.39, 0.29) is 23.9 Å². The van der Waals surface area contributed by atoms with Crippen LogP contribution in [0, 0.1) is 0 Å². The van der Waals surface area contributed by atoms with Gasteiger partial charge < -0.3 is 10.6 Å². The largest absolute Gasteiger partial charge is 0.351 e. The number of aromatic nitrogens is 1. The molecule has 1 aliphatic rings. The zero-order valence-corrected chi connectivity index (χ0v) is 16.1. The second kappa shape index (κ2) is 8.07. The molecule has 3 rings (SSSR count). The van der Waals surface area contributed by atoms with E-state index in [4.69, 9.17) is 0 Å². The number of pyridine rings is 1. The van der Waals surface area contributed by atoms with Crippen molar-refractivity contribution in [2.75, 3.05) is 24.7 Å². The average molecular weight is 406 g/mol. The van der Waals surface area contributed by atoms with E-state index in [1.807, 2.05) is 6.07 Å². The minimum absolute atomic E-state index is 0.0200. The number of rotatable bonds is 6. The molecule has 0 spiro atoms. The van der Waals surface area contributed by atoms with Crippen LogP contribution in [0.3, 0.4) is 0 Å². The summed E-state index contributed by atoms with van der Waals surface area (Å²) in [6, 6.07) is 8.11. The second-order valence-corrected chi connectivity index (χ2v) is 8.96. The smallest absolute Gasteiger partial charge is 0.243 e. The number of hydrogen-bond donors (Lipinski definition) is 2. The van der Waals surface area contributed by atoms with Gasteiger partial charge in [0.05, 0.1) is 22.9 Å². The number of nitrogens with one attached hydrogen (secondary N) is 2. The Kier molecular flexibility index (Phi) is 5.78. The number of carbonyl (C=O) groups is 2. The number of amides is 2. The monoisotopic (exact) mass is 406 g/mol.